The summed E-state index contributed by atoms with van der Waals surface area (Å²) in [6, 6.07) is 10.4. The van der Waals surface area contributed by atoms with Crippen LogP contribution in [0.1, 0.15) is 45.3 Å². The number of alkyl halides is 3. The van der Waals surface area contributed by atoms with Crippen LogP contribution in [0.2, 0.25) is 0 Å². The molecule has 42 heavy (non-hydrogen) atoms. The van der Waals surface area contributed by atoms with E-state index in [9.17, 15) is 36.3 Å². The van der Waals surface area contributed by atoms with Gasteiger partial charge in [0.25, 0.3) is 0 Å². The first-order valence-electron chi connectivity index (χ1n) is 13.0. The number of rotatable bonds is 9. The van der Waals surface area contributed by atoms with Crippen LogP contribution in [-0.4, -0.2) is 66.7 Å². The van der Waals surface area contributed by atoms with Crippen LogP contribution >= 0.6 is 11.3 Å². The van der Waals surface area contributed by atoms with Crippen molar-refractivity contribution in [3.05, 3.63) is 70.2 Å². The summed E-state index contributed by atoms with van der Waals surface area (Å²) < 4.78 is 69.8. The maximum atomic E-state index is 13.6. The number of anilines is 1. The number of carbonyl (C=O) groups excluding carboxylic acids is 1. The molecule has 0 unspecified atom stereocenters. The summed E-state index contributed by atoms with van der Waals surface area (Å²) in [6.07, 6.45) is -2.63. The first-order valence-corrected chi connectivity index (χ1v) is 15.3. The standard InChI is InChI=1S/C27H27F3N4O6S2/c1-16-23(25(36)37)41-26(32-16)33-12-13-34(42(38,39)21-10-8-20(9-11-21)40-27(28,29)30)22(15-33)24(35)31-14-17-2-4-18(5-3-17)19-6-7-19/h2-5,8-11,19,22H,6-7,12-15H2,1H3,(H,31,35)(H,36,37)/t22-/m1/s1. The van der Waals surface area contributed by atoms with E-state index in [1.54, 1.807) is 11.8 Å². The number of thiazole rings is 1. The molecule has 1 aliphatic heterocycles. The number of sulfonamides is 1. The number of benzene rings is 2. The van der Waals surface area contributed by atoms with Gasteiger partial charge in [0.2, 0.25) is 15.9 Å². The first-order chi connectivity index (χ1) is 19.8. The lowest BCUT2D eigenvalue weighted by atomic mass is 10.1. The molecule has 2 fully saturated rings. The van der Waals surface area contributed by atoms with Crippen LogP contribution < -0.4 is 15.0 Å². The van der Waals surface area contributed by atoms with Crippen molar-refractivity contribution in [3.63, 3.8) is 0 Å². The van der Waals surface area contributed by atoms with Gasteiger partial charge in [0, 0.05) is 26.2 Å². The minimum Gasteiger partial charge on any atom is -0.477 e. The van der Waals surface area contributed by atoms with Gasteiger partial charge < -0.3 is 20.1 Å². The highest BCUT2D eigenvalue weighted by Crippen LogP contribution is 2.40. The topological polar surface area (TPSA) is 129 Å². The number of aromatic nitrogens is 1. The minimum absolute atomic E-state index is 0.0388. The zero-order valence-electron chi connectivity index (χ0n) is 22.3. The number of aryl methyl sites for hydroxylation is 1. The van der Waals surface area contributed by atoms with Crippen LogP contribution in [0.15, 0.2) is 53.4 Å². The van der Waals surface area contributed by atoms with Gasteiger partial charge in [0.15, 0.2) is 5.13 Å². The molecule has 1 aliphatic carbocycles. The number of ether oxygens (including phenoxy) is 1. The van der Waals surface area contributed by atoms with Gasteiger partial charge in [-0.25, -0.2) is 18.2 Å². The molecule has 0 bridgehead atoms. The molecule has 1 saturated heterocycles. The van der Waals surface area contributed by atoms with Crippen LogP contribution in [0, 0.1) is 6.92 Å². The predicted molar refractivity (Wildman–Crippen MR) is 147 cm³/mol. The van der Waals surface area contributed by atoms with Crippen LogP contribution in [0.25, 0.3) is 0 Å². The zero-order chi connectivity index (χ0) is 30.2. The number of carboxylic acid groups (broad SMARTS) is 1. The maximum Gasteiger partial charge on any atom is 0.573 e. The lowest BCUT2D eigenvalue weighted by Crippen LogP contribution is -2.60. The number of piperazine rings is 1. The molecule has 1 saturated carbocycles. The molecule has 1 aromatic heterocycles. The van der Waals surface area contributed by atoms with E-state index >= 15 is 0 Å². The fourth-order valence-corrected chi connectivity index (χ4v) is 7.25. The van der Waals surface area contributed by atoms with Crippen LogP contribution in [0.5, 0.6) is 5.75 Å². The van der Waals surface area contributed by atoms with E-state index in [1.165, 1.54) is 5.56 Å². The molecule has 2 N–H and O–H groups in total. The number of halogens is 3. The van der Waals surface area contributed by atoms with Gasteiger partial charge in [-0.05, 0) is 61.1 Å². The zero-order valence-corrected chi connectivity index (χ0v) is 23.9. The summed E-state index contributed by atoms with van der Waals surface area (Å²) in [5.41, 5.74) is 2.36. The average Bonchev–Trinajstić information content (AvgIpc) is 3.71. The maximum absolute atomic E-state index is 13.6. The summed E-state index contributed by atoms with van der Waals surface area (Å²) in [5.74, 6) is -1.73. The Hall–Kier alpha value is -3.69. The fourth-order valence-electron chi connectivity index (χ4n) is 4.74. The quantitative estimate of drug-likeness (QED) is 0.364. The molecule has 2 aliphatic rings. The Morgan fingerprint density at radius 2 is 1.76 bits per heavy atom. The molecule has 0 radical (unpaired) electrons. The van der Waals surface area contributed by atoms with E-state index < -0.39 is 40.1 Å². The summed E-state index contributed by atoms with van der Waals surface area (Å²) in [7, 11) is -4.33. The third-order valence-corrected chi connectivity index (χ3v) is 10.2. The van der Waals surface area contributed by atoms with E-state index in [2.05, 4.69) is 15.0 Å². The molecule has 1 atom stereocenters. The second-order valence-electron chi connectivity index (χ2n) is 10.0. The molecule has 2 heterocycles. The lowest BCUT2D eigenvalue weighted by molar-refractivity contribution is -0.274. The van der Waals surface area contributed by atoms with Gasteiger partial charge in [-0.2, -0.15) is 4.31 Å². The predicted octanol–water partition coefficient (Wildman–Crippen LogP) is 4.12. The van der Waals surface area contributed by atoms with E-state index in [0.29, 0.717) is 16.7 Å². The highest BCUT2D eigenvalue weighted by Gasteiger charge is 2.41. The van der Waals surface area contributed by atoms with Crippen molar-refractivity contribution in [2.24, 2.45) is 0 Å². The third-order valence-electron chi connectivity index (χ3n) is 7.04. The van der Waals surface area contributed by atoms with Crippen molar-refractivity contribution >= 4 is 38.4 Å². The van der Waals surface area contributed by atoms with Gasteiger partial charge in [-0.3, -0.25) is 4.79 Å². The normalized spacial score (nSPS) is 18.1. The van der Waals surface area contributed by atoms with Crippen LogP contribution in [0.4, 0.5) is 18.3 Å². The summed E-state index contributed by atoms with van der Waals surface area (Å²) >= 11 is 0.928. The number of nitrogens with one attached hydrogen (secondary N) is 1. The molecule has 2 aromatic carbocycles. The van der Waals surface area contributed by atoms with Crippen molar-refractivity contribution in [2.45, 2.75) is 49.5 Å². The SMILES string of the molecule is Cc1nc(N2CCN(S(=O)(=O)c3ccc(OC(F)(F)F)cc3)[C@@H](C(=O)NCc3ccc(C4CC4)cc3)C2)sc1C(=O)O. The van der Waals surface area contributed by atoms with Gasteiger partial charge in [-0.1, -0.05) is 35.6 Å². The highest BCUT2D eigenvalue weighted by molar-refractivity contribution is 7.89. The molecule has 10 nitrogen and oxygen atoms in total. The van der Waals surface area contributed by atoms with E-state index in [-0.39, 0.29) is 36.0 Å². The Balaban J connectivity index is 1.38. The van der Waals surface area contributed by atoms with Crippen molar-refractivity contribution < 1.29 is 41.0 Å². The largest absolute Gasteiger partial charge is 0.573 e. The molecule has 1 amide bonds. The Kier molecular flexibility index (Phi) is 8.18. The van der Waals surface area contributed by atoms with Gasteiger partial charge >= 0.3 is 12.3 Å². The summed E-state index contributed by atoms with van der Waals surface area (Å²) in [6.45, 7) is 1.53. The number of nitrogens with zero attached hydrogens (tertiary/aromatic N) is 3. The molecular formula is C27H27F3N4O6S2. The van der Waals surface area contributed by atoms with Gasteiger partial charge in [0.05, 0.1) is 10.6 Å². The fraction of sp³-hybridized carbons (Fsp3) is 0.370. The van der Waals surface area contributed by atoms with Gasteiger partial charge in [-0.15, -0.1) is 13.2 Å². The van der Waals surface area contributed by atoms with E-state index in [0.717, 1.165) is 58.3 Å². The summed E-state index contributed by atoms with van der Waals surface area (Å²) in [4.78, 5) is 30.8. The number of carboxylic acids is 1. The third kappa shape index (κ3) is 6.68. The van der Waals surface area contributed by atoms with Crippen LogP contribution in [0.3, 0.4) is 0 Å². The molecule has 5 rings (SSSR count). The average molecular weight is 625 g/mol. The highest BCUT2D eigenvalue weighted by atomic mass is 32.2. The second kappa shape index (κ2) is 11.5. The van der Waals surface area contributed by atoms with Crippen molar-refractivity contribution in [3.8, 4) is 5.75 Å². The summed E-state index contributed by atoms with van der Waals surface area (Å²) in [5, 5.41) is 12.6. The first kappa shape index (κ1) is 29.8. The molecule has 3 aromatic rings. The van der Waals surface area contributed by atoms with Crippen LogP contribution in [-0.2, 0) is 21.4 Å². The van der Waals surface area contributed by atoms with E-state index in [1.807, 2.05) is 24.3 Å². The number of amides is 1. The molecule has 15 heteroatoms. The lowest BCUT2D eigenvalue weighted by Gasteiger charge is -2.39. The molecular weight excluding hydrogens is 597 g/mol. The minimum atomic E-state index is -4.94. The van der Waals surface area contributed by atoms with Crippen molar-refractivity contribution in [1.29, 1.82) is 0 Å². The second-order valence-corrected chi connectivity index (χ2v) is 12.9. The number of hydrogen-bond donors (Lipinski definition) is 2. The monoisotopic (exact) mass is 624 g/mol. The smallest absolute Gasteiger partial charge is 0.477 e. The molecule has 0 spiro atoms. The van der Waals surface area contributed by atoms with Gasteiger partial charge in [0.1, 0.15) is 16.7 Å². The number of hydrogen-bond acceptors (Lipinski definition) is 8. The van der Waals surface area contributed by atoms with Crippen molar-refractivity contribution in [2.75, 3.05) is 24.5 Å². The molecule has 224 valence electrons. The number of aromatic carboxylic acids is 1. The van der Waals surface area contributed by atoms with E-state index in [4.69, 9.17) is 0 Å². The Labute approximate surface area is 243 Å². The number of carbonyl (C=O) groups is 2. The van der Waals surface area contributed by atoms with Crippen molar-refractivity contribution in [1.82, 2.24) is 14.6 Å². The Bertz CT molecular complexity index is 1570. The Morgan fingerprint density at radius 1 is 1.10 bits per heavy atom. The Morgan fingerprint density at radius 3 is 2.33 bits per heavy atom.